The molecule has 8 heteroatoms. The van der Waals surface area contributed by atoms with Gasteiger partial charge in [-0.1, -0.05) is 23.7 Å². The second-order valence-electron chi connectivity index (χ2n) is 7.76. The number of hydrogen-bond acceptors (Lipinski definition) is 4. The topological polar surface area (TPSA) is 73.9 Å². The highest BCUT2D eigenvalue weighted by Gasteiger charge is 2.24. The lowest BCUT2D eigenvalue weighted by molar-refractivity contribution is 0.0938. The number of methoxy groups -OCH3 is 1. The van der Waals surface area contributed by atoms with E-state index in [-0.39, 0.29) is 23.0 Å². The molecule has 0 saturated carbocycles. The normalized spacial score (nSPS) is 14.7. The van der Waals surface area contributed by atoms with E-state index in [1.807, 2.05) is 24.3 Å². The van der Waals surface area contributed by atoms with E-state index < -0.39 is 0 Å². The Morgan fingerprint density at radius 1 is 1.13 bits per heavy atom. The molecule has 0 spiro atoms. The van der Waals surface area contributed by atoms with Gasteiger partial charge < -0.3 is 20.3 Å². The lowest BCUT2D eigenvalue weighted by Crippen LogP contribution is -2.36. The van der Waals surface area contributed by atoms with Gasteiger partial charge in [0.2, 0.25) is 0 Å². The zero-order valence-corrected chi connectivity index (χ0v) is 18.9. The summed E-state index contributed by atoms with van der Waals surface area (Å²) >= 11 is 6.33. The van der Waals surface area contributed by atoms with Gasteiger partial charge in [-0.05, 0) is 61.8 Å². The number of nitrogens with zero attached hydrogens (tertiary/aromatic N) is 2. The van der Waals surface area contributed by atoms with E-state index in [0.717, 1.165) is 37.2 Å². The molecule has 0 unspecified atom stereocenters. The first-order valence-electron chi connectivity index (χ1n) is 10.3. The van der Waals surface area contributed by atoms with Crippen LogP contribution < -0.4 is 15.4 Å². The summed E-state index contributed by atoms with van der Waals surface area (Å²) < 4.78 is 5.26. The molecular weight excluding hydrogens is 416 g/mol. The van der Waals surface area contributed by atoms with Gasteiger partial charge in [-0.15, -0.1) is 0 Å². The Bertz CT molecular complexity index is 912. The lowest BCUT2D eigenvalue weighted by atomic mass is 10.0. The maximum Gasteiger partial charge on any atom is 0.321 e. The average molecular weight is 445 g/mol. The summed E-state index contributed by atoms with van der Waals surface area (Å²) in [7, 11) is 4.95. The number of carbonyl (C=O) groups excluding carboxylic acids is 2. The van der Waals surface area contributed by atoms with Crippen LogP contribution in [0, 0.1) is 0 Å². The Balaban J connectivity index is 1.69. The maximum absolute atomic E-state index is 12.8. The molecular formula is C23H29ClN4O3. The van der Waals surface area contributed by atoms with Gasteiger partial charge in [0.05, 0.1) is 23.7 Å². The molecule has 31 heavy (non-hydrogen) atoms. The third kappa shape index (κ3) is 5.89. The molecule has 0 bridgehead atoms. The first-order valence-corrected chi connectivity index (χ1v) is 10.7. The number of urea groups is 1. The van der Waals surface area contributed by atoms with E-state index in [0.29, 0.717) is 17.8 Å². The van der Waals surface area contributed by atoms with E-state index in [4.69, 9.17) is 16.3 Å². The molecule has 1 aliphatic heterocycles. The second-order valence-corrected chi connectivity index (χ2v) is 8.17. The summed E-state index contributed by atoms with van der Waals surface area (Å²) in [4.78, 5) is 28.4. The third-order valence-electron chi connectivity index (χ3n) is 5.41. The SMILES string of the molecule is COc1ccc([C@H](CNC(=O)c2ccc(NC(=O)N(C)C)cc2Cl)N2CCCC2)cc1. The number of carbonyl (C=O) groups is 2. The van der Waals surface area contributed by atoms with Crippen molar-refractivity contribution in [2.75, 3.05) is 46.2 Å². The number of nitrogens with one attached hydrogen (secondary N) is 2. The van der Waals surface area contributed by atoms with Crippen molar-refractivity contribution in [2.24, 2.45) is 0 Å². The van der Waals surface area contributed by atoms with Crippen LogP contribution in [0.5, 0.6) is 5.75 Å². The van der Waals surface area contributed by atoms with E-state index in [2.05, 4.69) is 15.5 Å². The summed E-state index contributed by atoms with van der Waals surface area (Å²) in [6, 6.07) is 12.7. The number of hydrogen-bond donors (Lipinski definition) is 2. The largest absolute Gasteiger partial charge is 0.497 e. The van der Waals surface area contributed by atoms with Crippen molar-refractivity contribution in [3.8, 4) is 5.75 Å². The minimum absolute atomic E-state index is 0.0785. The molecule has 0 aliphatic carbocycles. The van der Waals surface area contributed by atoms with Crippen molar-refractivity contribution in [3.05, 3.63) is 58.6 Å². The fourth-order valence-electron chi connectivity index (χ4n) is 3.63. The first-order chi connectivity index (χ1) is 14.9. The van der Waals surface area contributed by atoms with Gasteiger partial charge in [0.25, 0.3) is 5.91 Å². The van der Waals surface area contributed by atoms with Gasteiger partial charge in [0.15, 0.2) is 0 Å². The molecule has 3 rings (SSSR count). The Morgan fingerprint density at radius 3 is 2.39 bits per heavy atom. The Hall–Kier alpha value is -2.77. The first kappa shape index (κ1) is 22.9. The standard InChI is InChI=1S/C23H29ClN4O3/c1-27(2)23(30)26-17-8-11-19(20(24)14-17)22(29)25-15-21(28-12-4-5-13-28)16-6-9-18(31-3)10-7-16/h6-11,14,21H,4-5,12-13,15H2,1-3H3,(H,25,29)(H,26,30)/t21-/m0/s1. The number of halogens is 1. The summed E-state index contributed by atoms with van der Waals surface area (Å²) in [5, 5.41) is 6.04. The molecule has 2 N–H and O–H groups in total. The van der Waals surface area contributed by atoms with Crippen LogP contribution in [0.1, 0.15) is 34.8 Å². The lowest BCUT2D eigenvalue weighted by Gasteiger charge is -2.28. The van der Waals surface area contributed by atoms with Gasteiger partial charge >= 0.3 is 6.03 Å². The molecule has 0 radical (unpaired) electrons. The molecule has 1 heterocycles. The van der Waals surface area contributed by atoms with E-state index >= 15 is 0 Å². The Labute approximate surface area is 188 Å². The number of rotatable bonds is 7. The minimum Gasteiger partial charge on any atom is -0.497 e. The number of anilines is 1. The number of ether oxygens (including phenoxy) is 1. The van der Waals surface area contributed by atoms with Gasteiger partial charge in [-0.3, -0.25) is 9.69 Å². The summed E-state index contributed by atoms with van der Waals surface area (Å²) in [5.74, 6) is 0.564. The Morgan fingerprint density at radius 2 is 1.81 bits per heavy atom. The number of benzene rings is 2. The van der Waals surface area contributed by atoms with Crippen LogP contribution in [0.15, 0.2) is 42.5 Å². The van der Waals surface area contributed by atoms with Crippen molar-refractivity contribution < 1.29 is 14.3 Å². The van der Waals surface area contributed by atoms with Crippen molar-refractivity contribution in [1.82, 2.24) is 15.1 Å². The average Bonchev–Trinajstić information content (AvgIpc) is 3.28. The van der Waals surface area contributed by atoms with Crippen LogP contribution in [-0.2, 0) is 0 Å². The van der Waals surface area contributed by atoms with Crippen LogP contribution in [0.25, 0.3) is 0 Å². The molecule has 3 amide bonds. The molecule has 166 valence electrons. The monoisotopic (exact) mass is 444 g/mol. The van der Waals surface area contributed by atoms with Crippen molar-refractivity contribution in [3.63, 3.8) is 0 Å². The minimum atomic E-state index is -0.263. The number of likely N-dealkylation sites (tertiary alicyclic amines) is 1. The molecule has 2 aromatic carbocycles. The van der Waals surface area contributed by atoms with Crippen LogP contribution in [0.4, 0.5) is 10.5 Å². The van der Waals surface area contributed by atoms with Crippen molar-refractivity contribution in [2.45, 2.75) is 18.9 Å². The van der Waals surface area contributed by atoms with Crippen molar-refractivity contribution in [1.29, 1.82) is 0 Å². The predicted octanol–water partition coefficient (Wildman–Crippen LogP) is 4.01. The summed E-state index contributed by atoms with van der Waals surface area (Å²) in [6.07, 6.45) is 2.32. The molecule has 1 fully saturated rings. The highest BCUT2D eigenvalue weighted by molar-refractivity contribution is 6.34. The van der Waals surface area contributed by atoms with Crippen LogP contribution >= 0.6 is 11.6 Å². The molecule has 0 aromatic heterocycles. The molecule has 1 saturated heterocycles. The zero-order valence-electron chi connectivity index (χ0n) is 18.2. The van der Waals surface area contributed by atoms with Crippen LogP contribution in [-0.4, -0.2) is 62.6 Å². The van der Waals surface area contributed by atoms with E-state index in [9.17, 15) is 9.59 Å². The zero-order chi connectivity index (χ0) is 22.4. The molecule has 1 atom stereocenters. The molecule has 2 aromatic rings. The Kier molecular flexibility index (Phi) is 7.76. The summed E-state index contributed by atoms with van der Waals surface area (Å²) in [6.45, 7) is 2.49. The quantitative estimate of drug-likeness (QED) is 0.676. The summed E-state index contributed by atoms with van der Waals surface area (Å²) in [5.41, 5.74) is 2.05. The molecule has 1 aliphatic rings. The van der Waals surface area contributed by atoms with Gasteiger partial charge in [-0.2, -0.15) is 0 Å². The number of amides is 3. The fourth-order valence-corrected chi connectivity index (χ4v) is 3.90. The smallest absolute Gasteiger partial charge is 0.321 e. The van der Waals surface area contributed by atoms with Crippen molar-refractivity contribution >= 4 is 29.2 Å². The van der Waals surface area contributed by atoms with Gasteiger partial charge in [0.1, 0.15) is 5.75 Å². The van der Waals surface area contributed by atoms with E-state index in [1.54, 1.807) is 39.4 Å². The van der Waals surface area contributed by atoms with Crippen LogP contribution in [0.3, 0.4) is 0 Å². The second kappa shape index (κ2) is 10.5. The van der Waals surface area contributed by atoms with E-state index in [1.165, 1.54) is 4.90 Å². The van der Waals surface area contributed by atoms with Gasteiger partial charge in [-0.25, -0.2) is 4.79 Å². The molecule has 7 nitrogen and oxygen atoms in total. The maximum atomic E-state index is 12.8. The van der Waals surface area contributed by atoms with Gasteiger partial charge in [0, 0.05) is 26.3 Å². The highest BCUT2D eigenvalue weighted by Crippen LogP contribution is 2.27. The highest BCUT2D eigenvalue weighted by atomic mass is 35.5. The van der Waals surface area contributed by atoms with Crippen LogP contribution in [0.2, 0.25) is 5.02 Å². The fraction of sp³-hybridized carbons (Fsp3) is 0.391. The third-order valence-corrected chi connectivity index (χ3v) is 5.72. The predicted molar refractivity (Wildman–Crippen MR) is 123 cm³/mol.